The van der Waals surface area contributed by atoms with Crippen LogP contribution in [0.25, 0.3) is 0 Å². The Morgan fingerprint density at radius 1 is 0.974 bits per heavy atom. The lowest BCUT2D eigenvalue weighted by atomic mass is 9.57. The number of nitrogens with zero attached hydrogens (tertiary/aromatic N) is 2. The van der Waals surface area contributed by atoms with Crippen LogP contribution < -0.4 is 10.6 Å². The normalized spacial score (nSPS) is 28.8. The Morgan fingerprint density at radius 2 is 1.74 bits per heavy atom. The first kappa shape index (κ1) is 22.8. The molecule has 4 aliphatic rings. The van der Waals surface area contributed by atoms with Gasteiger partial charge in [-0.25, -0.2) is 0 Å². The Hall–Kier alpha value is -4.37. The Morgan fingerprint density at radius 3 is 2.55 bits per heavy atom. The number of hydrogen-bond acceptors (Lipinski definition) is 6. The monoisotopic (exact) mass is 508 g/mol. The summed E-state index contributed by atoms with van der Waals surface area (Å²) in [6, 6.07) is 18.2. The molecule has 2 saturated heterocycles. The van der Waals surface area contributed by atoms with E-state index in [1.165, 1.54) is 18.2 Å². The molecular weight excluding hydrogens is 484 g/mol. The molecule has 38 heavy (non-hydrogen) atoms. The SMILES string of the molecule is Cc1ccc2c(c1)[C@@]1(C(=O)N2)N2CCC[C@@H]2[C@@H](C(=O)c2cccc([N+](=O)[O-])c2)[C@]12C(=O)Nc1ccccc12. The highest BCUT2D eigenvalue weighted by molar-refractivity contribution is 6.21. The van der Waals surface area contributed by atoms with Crippen LogP contribution in [0.4, 0.5) is 17.1 Å². The van der Waals surface area contributed by atoms with Crippen LogP contribution in [0.5, 0.6) is 0 Å². The number of Topliss-reactive ketones (excluding diaryl/α,β-unsaturated/α-hetero) is 1. The van der Waals surface area contributed by atoms with Gasteiger partial charge in [0.2, 0.25) is 5.91 Å². The van der Waals surface area contributed by atoms with E-state index in [9.17, 15) is 24.5 Å². The second kappa shape index (κ2) is 7.58. The number of hydrogen-bond donors (Lipinski definition) is 2. The molecule has 0 unspecified atom stereocenters. The minimum atomic E-state index is -1.57. The summed E-state index contributed by atoms with van der Waals surface area (Å²) in [5, 5.41) is 17.6. The standard InChI is InChI=1S/C29H24N4O5/c1-16-11-12-22-20(14-16)29(27(36)31-22)28(19-8-2-3-9-21(19)30-26(28)35)24(23-10-5-13-32(23)29)25(34)17-6-4-7-18(15-17)33(37)38/h2-4,6-9,11-12,14-15,23-24H,5,10,13H2,1H3,(H,30,35)(H,31,36)/t23-,24+,28-,29+/m1/s1. The quantitative estimate of drug-likeness (QED) is 0.314. The summed E-state index contributed by atoms with van der Waals surface area (Å²) in [6.45, 7) is 2.48. The first-order chi connectivity index (χ1) is 18.3. The van der Waals surface area contributed by atoms with E-state index in [0.717, 1.165) is 12.0 Å². The highest BCUT2D eigenvalue weighted by atomic mass is 16.6. The lowest BCUT2D eigenvalue weighted by molar-refractivity contribution is -0.384. The van der Waals surface area contributed by atoms with Crippen molar-refractivity contribution in [2.45, 2.75) is 36.8 Å². The third-order valence-corrected chi connectivity index (χ3v) is 8.88. The van der Waals surface area contributed by atoms with E-state index in [4.69, 9.17) is 0 Å². The summed E-state index contributed by atoms with van der Waals surface area (Å²) in [6.07, 6.45) is 1.39. The fraction of sp³-hybridized carbons (Fsp3) is 0.276. The zero-order valence-corrected chi connectivity index (χ0v) is 20.6. The zero-order valence-electron chi connectivity index (χ0n) is 20.6. The number of carbonyl (C=O) groups is 3. The number of amides is 2. The summed E-state index contributed by atoms with van der Waals surface area (Å²) >= 11 is 0. The number of nitro benzene ring substituents is 1. The molecule has 190 valence electrons. The maximum absolute atomic E-state index is 14.5. The Bertz CT molecular complexity index is 1600. The number of fused-ring (bicyclic) bond motifs is 7. The van der Waals surface area contributed by atoms with Crippen LogP contribution in [0, 0.1) is 23.0 Å². The number of nitro groups is 1. The molecule has 0 aromatic heterocycles. The molecule has 0 bridgehead atoms. The molecule has 4 heterocycles. The average molecular weight is 509 g/mol. The van der Waals surface area contributed by atoms with Gasteiger partial charge in [-0.1, -0.05) is 48.0 Å². The Labute approximate surface area is 218 Å². The van der Waals surface area contributed by atoms with Crippen LogP contribution in [-0.4, -0.2) is 40.0 Å². The van der Waals surface area contributed by atoms with E-state index in [2.05, 4.69) is 15.5 Å². The van der Waals surface area contributed by atoms with E-state index >= 15 is 0 Å². The smallest absolute Gasteiger partial charge is 0.270 e. The minimum Gasteiger partial charge on any atom is -0.325 e. The van der Waals surface area contributed by atoms with Crippen molar-refractivity contribution >= 4 is 34.7 Å². The molecule has 0 saturated carbocycles. The molecular formula is C29H24N4O5. The summed E-state index contributed by atoms with van der Waals surface area (Å²) in [5.74, 6) is -2.04. The molecule has 2 N–H and O–H groups in total. The Balaban J connectivity index is 1.57. The number of benzene rings is 3. The van der Waals surface area contributed by atoms with Crippen LogP contribution in [0.2, 0.25) is 0 Å². The van der Waals surface area contributed by atoms with Gasteiger partial charge in [-0.3, -0.25) is 29.4 Å². The zero-order chi connectivity index (χ0) is 26.4. The van der Waals surface area contributed by atoms with Crippen LogP contribution in [0.1, 0.15) is 39.9 Å². The molecule has 4 aliphatic heterocycles. The topological polar surface area (TPSA) is 122 Å². The Kier molecular flexibility index (Phi) is 4.55. The lowest BCUT2D eigenvalue weighted by Crippen LogP contribution is -2.62. The number of carbonyl (C=O) groups excluding carboxylic acids is 3. The molecule has 3 aromatic carbocycles. The number of non-ortho nitro benzene ring substituents is 1. The molecule has 4 atom stereocenters. The fourth-order valence-corrected chi connectivity index (χ4v) is 7.64. The van der Waals surface area contributed by atoms with Crippen LogP contribution >= 0.6 is 0 Å². The van der Waals surface area contributed by atoms with Gasteiger partial charge in [-0.05, 0) is 44.0 Å². The second-order valence-electron chi connectivity index (χ2n) is 10.6. The second-order valence-corrected chi connectivity index (χ2v) is 10.6. The molecule has 9 heteroatoms. The minimum absolute atomic E-state index is 0.160. The largest absolute Gasteiger partial charge is 0.325 e. The molecule has 0 radical (unpaired) electrons. The molecule has 3 aromatic rings. The number of aryl methyl sites for hydroxylation is 1. The van der Waals surface area contributed by atoms with Crippen molar-refractivity contribution in [1.29, 1.82) is 0 Å². The highest BCUT2D eigenvalue weighted by Gasteiger charge is 2.81. The van der Waals surface area contributed by atoms with Crippen molar-refractivity contribution in [3.8, 4) is 0 Å². The van der Waals surface area contributed by atoms with E-state index < -0.39 is 33.7 Å². The summed E-state index contributed by atoms with van der Waals surface area (Å²) in [5.41, 5.74) is 0.375. The van der Waals surface area contributed by atoms with Crippen molar-refractivity contribution in [3.63, 3.8) is 0 Å². The number of rotatable bonds is 3. The number of anilines is 2. The fourth-order valence-electron chi connectivity index (χ4n) is 7.64. The predicted octanol–water partition coefficient (Wildman–Crippen LogP) is 3.92. The number of nitrogens with one attached hydrogen (secondary N) is 2. The van der Waals surface area contributed by atoms with Gasteiger partial charge in [-0.15, -0.1) is 0 Å². The van der Waals surface area contributed by atoms with Crippen molar-refractivity contribution in [3.05, 3.63) is 99.1 Å². The molecule has 9 nitrogen and oxygen atoms in total. The van der Waals surface area contributed by atoms with E-state index in [1.807, 2.05) is 43.3 Å². The van der Waals surface area contributed by atoms with Gasteiger partial charge in [0, 0.05) is 40.7 Å². The maximum Gasteiger partial charge on any atom is 0.270 e. The van der Waals surface area contributed by atoms with Crippen molar-refractivity contribution in [2.24, 2.45) is 5.92 Å². The van der Waals surface area contributed by atoms with E-state index in [-0.39, 0.29) is 22.9 Å². The van der Waals surface area contributed by atoms with Gasteiger partial charge in [0.15, 0.2) is 5.78 Å². The van der Waals surface area contributed by atoms with Crippen LogP contribution in [0.3, 0.4) is 0 Å². The summed E-state index contributed by atoms with van der Waals surface area (Å²) in [4.78, 5) is 56.4. The first-order valence-electron chi connectivity index (χ1n) is 12.7. The van der Waals surface area contributed by atoms with Crippen molar-refractivity contribution in [1.82, 2.24) is 4.90 Å². The molecule has 2 fully saturated rings. The molecule has 7 rings (SSSR count). The van der Waals surface area contributed by atoms with Gasteiger partial charge >= 0.3 is 0 Å². The van der Waals surface area contributed by atoms with Gasteiger partial charge in [0.05, 0.1) is 10.8 Å². The molecule has 2 amide bonds. The molecule has 2 spiro atoms. The van der Waals surface area contributed by atoms with Crippen LogP contribution in [-0.2, 0) is 20.5 Å². The predicted molar refractivity (Wildman–Crippen MR) is 139 cm³/mol. The lowest BCUT2D eigenvalue weighted by Gasteiger charge is -2.43. The van der Waals surface area contributed by atoms with Gasteiger partial charge in [0.1, 0.15) is 11.0 Å². The third-order valence-electron chi connectivity index (χ3n) is 8.88. The van der Waals surface area contributed by atoms with Crippen LogP contribution in [0.15, 0.2) is 66.7 Å². The maximum atomic E-state index is 14.5. The van der Waals surface area contributed by atoms with Gasteiger partial charge < -0.3 is 10.6 Å². The molecule has 0 aliphatic carbocycles. The highest BCUT2D eigenvalue weighted by Crippen LogP contribution is 2.67. The van der Waals surface area contributed by atoms with Crippen molar-refractivity contribution in [2.75, 3.05) is 17.2 Å². The number of ketones is 1. The summed E-state index contributed by atoms with van der Waals surface area (Å²) in [7, 11) is 0. The van der Waals surface area contributed by atoms with E-state index in [0.29, 0.717) is 35.5 Å². The number of para-hydroxylation sites is 1. The average Bonchev–Trinajstić information content (AvgIpc) is 3.62. The third kappa shape index (κ3) is 2.51. The van der Waals surface area contributed by atoms with Gasteiger partial charge in [-0.2, -0.15) is 0 Å². The summed E-state index contributed by atoms with van der Waals surface area (Å²) < 4.78 is 0. The van der Waals surface area contributed by atoms with E-state index in [1.54, 1.807) is 12.1 Å². The first-order valence-corrected chi connectivity index (χ1v) is 12.7. The van der Waals surface area contributed by atoms with Gasteiger partial charge in [0.25, 0.3) is 11.6 Å². The van der Waals surface area contributed by atoms with Crippen molar-refractivity contribution < 1.29 is 19.3 Å².